The monoisotopic (exact) mass is 310 g/mol. The number of benzene rings is 1. The maximum absolute atomic E-state index is 6.73. The van der Waals surface area contributed by atoms with Crippen LogP contribution in [-0.2, 0) is 11.3 Å². The van der Waals surface area contributed by atoms with E-state index in [9.17, 15) is 0 Å². The summed E-state index contributed by atoms with van der Waals surface area (Å²) in [6.07, 6.45) is 4.16. The zero-order valence-corrected chi connectivity index (χ0v) is 14.8. The van der Waals surface area contributed by atoms with Gasteiger partial charge in [-0.25, -0.2) is 0 Å². The zero-order valence-electron chi connectivity index (χ0n) is 14.8. The van der Waals surface area contributed by atoms with Gasteiger partial charge in [0.1, 0.15) is 0 Å². The largest absolute Gasteiger partial charge is 0.368 e. The van der Waals surface area contributed by atoms with Crippen LogP contribution in [0.15, 0.2) is 30.3 Å². The molecule has 123 valence electrons. The van der Waals surface area contributed by atoms with Crippen LogP contribution in [0.5, 0.6) is 0 Å². The van der Waals surface area contributed by atoms with Gasteiger partial charge in [-0.1, -0.05) is 44.2 Å². The lowest BCUT2D eigenvalue weighted by atomic mass is 9.73. The van der Waals surface area contributed by atoms with E-state index in [0.717, 1.165) is 19.1 Å². The molecule has 2 saturated heterocycles. The molecule has 3 aliphatic rings. The van der Waals surface area contributed by atoms with Gasteiger partial charge in [0.15, 0.2) is 0 Å². The first-order chi connectivity index (χ1) is 10.6. The van der Waals surface area contributed by atoms with Crippen molar-refractivity contribution in [3.05, 3.63) is 35.9 Å². The summed E-state index contributed by atoms with van der Waals surface area (Å²) in [5.41, 5.74) is 1.75. The molecule has 3 fully saturated rings. The number of hydrogen-bond acceptors (Lipinski definition) is 2. The summed E-state index contributed by atoms with van der Waals surface area (Å²) in [6.45, 7) is 10.4. The normalized spacial score (nSPS) is 38.8. The Morgan fingerprint density at radius 1 is 1.17 bits per heavy atom. The van der Waals surface area contributed by atoms with Crippen LogP contribution in [0.25, 0.3) is 0 Å². The zero-order chi connectivity index (χ0) is 15.4. The molecule has 3 radical (unpaired) electrons. The van der Waals surface area contributed by atoms with E-state index < -0.39 is 0 Å². The van der Waals surface area contributed by atoms with Gasteiger partial charge < -0.3 is 4.74 Å². The van der Waals surface area contributed by atoms with Gasteiger partial charge in [0.2, 0.25) is 0 Å². The standard InChI is InChI=1S/C20H29NO.B/c1-15(2)20(22-13-16-7-5-4-6-8-16)14-21-12-11-17-9-10-18(20)19(17,21)3;/h4-8,15,17-18H,9-14H2,1-3H3;/t17-,18-,19+,20-;/m0./s1. The van der Waals surface area contributed by atoms with Gasteiger partial charge >= 0.3 is 0 Å². The molecule has 4 atom stereocenters. The van der Waals surface area contributed by atoms with Gasteiger partial charge in [-0.3, -0.25) is 4.90 Å². The predicted octanol–water partition coefficient (Wildman–Crippen LogP) is 3.72. The van der Waals surface area contributed by atoms with Crippen molar-refractivity contribution in [3.63, 3.8) is 0 Å². The molecule has 0 spiro atoms. The third-order valence-corrected chi connectivity index (χ3v) is 7.12. The topological polar surface area (TPSA) is 12.5 Å². The molecule has 0 bridgehead atoms. The highest BCUT2D eigenvalue weighted by Crippen LogP contribution is 2.61. The van der Waals surface area contributed by atoms with Gasteiger partial charge in [0, 0.05) is 26.4 Å². The molecule has 3 heteroatoms. The van der Waals surface area contributed by atoms with E-state index in [0.29, 0.717) is 17.4 Å². The van der Waals surface area contributed by atoms with Crippen LogP contribution in [0, 0.1) is 17.8 Å². The second-order valence-corrected chi connectivity index (χ2v) is 8.15. The van der Waals surface area contributed by atoms with Gasteiger partial charge in [0.25, 0.3) is 0 Å². The van der Waals surface area contributed by atoms with Crippen molar-refractivity contribution < 1.29 is 4.74 Å². The van der Waals surface area contributed by atoms with Crippen molar-refractivity contribution in [2.24, 2.45) is 17.8 Å². The molecule has 0 unspecified atom stereocenters. The summed E-state index contributed by atoms with van der Waals surface area (Å²) in [6, 6.07) is 10.7. The molecule has 23 heavy (non-hydrogen) atoms. The van der Waals surface area contributed by atoms with Crippen molar-refractivity contribution in [1.29, 1.82) is 0 Å². The maximum Gasteiger partial charge on any atom is 0.0881 e. The second-order valence-electron chi connectivity index (χ2n) is 8.15. The summed E-state index contributed by atoms with van der Waals surface area (Å²) < 4.78 is 6.73. The van der Waals surface area contributed by atoms with Crippen LogP contribution in [-0.4, -0.2) is 37.5 Å². The fraction of sp³-hybridized carbons (Fsp3) is 0.700. The van der Waals surface area contributed by atoms with Gasteiger partial charge in [-0.15, -0.1) is 0 Å². The summed E-state index contributed by atoms with van der Waals surface area (Å²) >= 11 is 0. The Bertz CT molecular complexity index is 548. The molecule has 0 amide bonds. The minimum Gasteiger partial charge on any atom is -0.368 e. The van der Waals surface area contributed by atoms with Crippen LogP contribution >= 0.6 is 0 Å². The number of hydrogen-bond donors (Lipinski definition) is 0. The fourth-order valence-electron chi connectivity index (χ4n) is 5.79. The highest BCUT2D eigenvalue weighted by atomic mass is 16.5. The van der Waals surface area contributed by atoms with Crippen LogP contribution in [0.2, 0.25) is 0 Å². The van der Waals surface area contributed by atoms with Crippen LogP contribution in [0.4, 0.5) is 0 Å². The summed E-state index contributed by atoms with van der Waals surface area (Å²) in [5.74, 6) is 2.18. The highest BCUT2D eigenvalue weighted by molar-refractivity contribution is 5.75. The molecule has 0 N–H and O–H groups in total. The first kappa shape index (κ1) is 17.0. The molecule has 2 heterocycles. The Kier molecular flexibility index (Phi) is 4.39. The molecule has 1 saturated carbocycles. The summed E-state index contributed by atoms with van der Waals surface area (Å²) in [7, 11) is 0. The average molecular weight is 310 g/mol. The predicted molar refractivity (Wildman–Crippen MR) is 95.4 cm³/mol. The Hall–Kier alpha value is -0.795. The lowest BCUT2D eigenvalue weighted by Crippen LogP contribution is -2.48. The lowest BCUT2D eigenvalue weighted by Gasteiger charge is -2.40. The van der Waals surface area contributed by atoms with E-state index in [1.165, 1.54) is 31.4 Å². The maximum atomic E-state index is 6.73. The number of rotatable bonds is 4. The molecular formula is C20H29BNO. The van der Waals surface area contributed by atoms with E-state index in [1.807, 2.05) is 0 Å². The second kappa shape index (κ2) is 5.93. The lowest BCUT2D eigenvalue weighted by molar-refractivity contribution is -0.111. The van der Waals surface area contributed by atoms with Crippen molar-refractivity contribution in [2.45, 2.75) is 57.8 Å². The third-order valence-electron chi connectivity index (χ3n) is 7.12. The SMILES string of the molecule is CC(C)[C@@]1(OCc2ccccc2)CN2CC[C@@H]3CC[C@H]1[C@@]32C.[B]. The molecule has 1 aromatic carbocycles. The van der Waals surface area contributed by atoms with Gasteiger partial charge in [0.05, 0.1) is 12.2 Å². The number of ether oxygens (including phenoxy) is 1. The van der Waals surface area contributed by atoms with E-state index in [4.69, 9.17) is 4.74 Å². The van der Waals surface area contributed by atoms with Gasteiger partial charge in [-0.2, -0.15) is 0 Å². The fourth-order valence-corrected chi connectivity index (χ4v) is 5.79. The van der Waals surface area contributed by atoms with E-state index in [-0.39, 0.29) is 14.0 Å². The smallest absolute Gasteiger partial charge is 0.0881 e. The van der Waals surface area contributed by atoms with E-state index >= 15 is 0 Å². The average Bonchev–Trinajstić information content (AvgIpc) is 3.10. The molecule has 2 aliphatic heterocycles. The van der Waals surface area contributed by atoms with Crippen molar-refractivity contribution in [2.75, 3.05) is 13.1 Å². The Balaban J connectivity index is 0.00000156. The van der Waals surface area contributed by atoms with E-state index in [2.05, 4.69) is 56.0 Å². The minimum atomic E-state index is 0. The van der Waals surface area contributed by atoms with Crippen molar-refractivity contribution in [3.8, 4) is 0 Å². The molecule has 1 aliphatic carbocycles. The van der Waals surface area contributed by atoms with Crippen molar-refractivity contribution >= 4 is 8.41 Å². The van der Waals surface area contributed by atoms with Crippen molar-refractivity contribution in [1.82, 2.24) is 4.90 Å². The van der Waals surface area contributed by atoms with Crippen LogP contribution < -0.4 is 0 Å². The molecule has 2 nitrogen and oxygen atoms in total. The molecule has 1 aromatic rings. The quantitative estimate of drug-likeness (QED) is 0.786. The van der Waals surface area contributed by atoms with Crippen LogP contribution in [0.3, 0.4) is 0 Å². The third kappa shape index (κ3) is 2.31. The van der Waals surface area contributed by atoms with E-state index in [1.54, 1.807) is 0 Å². The molecule has 0 aromatic heterocycles. The minimum absolute atomic E-state index is 0. The van der Waals surface area contributed by atoms with Gasteiger partial charge in [-0.05, 0) is 50.1 Å². The summed E-state index contributed by atoms with van der Waals surface area (Å²) in [5, 5.41) is 0. The highest BCUT2D eigenvalue weighted by Gasteiger charge is 2.67. The first-order valence-corrected chi connectivity index (χ1v) is 9.00. The Morgan fingerprint density at radius 3 is 2.61 bits per heavy atom. The Morgan fingerprint density at radius 2 is 1.91 bits per heavy atom. The number of nitrogens with zero attached hydrogens (tertiary/aromatic N) is 1. The Labute approximate surface area is 143 Å². The molecule has 4 rings (SSSR count). The van der Waals surface area contributed by atoms with Crippen LogP contribution in [0.1, 0.15) is 45.6 Å². The summed E-state index contributed by atoms with van der Waals surface area (Å²) in [4.78, 5) is 2.76. The molecular weight excluding hydrogens is 281 g/mol. The first-order valence-electron chi connectivity index (χ1n) is 9.00.